The standard InChI is InChI=1S/C29H33NO6/c1-21(31)30-26-28(35-19-24-15-9-4-10-16-24)27(34-18-23-13-7-3-8-14-23)25(36-29(26)32)20-33-17-22-11-5-2-6-12-22/h2-16,25-29,32H,17-20H2,1H3,(H,30,31). The Balaban J connectivity index is 1.53. The van der Waals surface area contributed by atoms with Crippen LogP contribution < -0.4 is 5.32 Å². The summed E-state index contributed by atoms with van der Waals surface area (Å²) in [4.78, 5) is 12.0. The maximum absolute atomic E-state index is 12.0. The number of carbonyl (C=O) groups is 1. The summed E-state index contributed by atoms with van der Waals surface area (Å²) in [6, 6.07) is 28.6. The van der Waals surface area contributed by atoms with Gasteiger partial charge in [-0.1, -0.05) is 91.0 Å². The second-order valence-corrected chi connectivity index (χ2v) is 8.81. The average molecular weight is 492 g/mol. The van der Waals surface area contributed by atoms with Crippen LogP contribution in [0.2, 0.25) is 0 Å². The number of aliphatic hydroxyl groups excluding tert-OH is 1. The molecule has 1 saturated heterocycles. The Morgan fingerprint density at radius 1 is 0.778 bits per heavy atom. The lowest BCUT2D eigenvalue weighted by Gasteiger charge is -2.44. The Hall–Kier alpha value is -3.07. The Bertz CT molecular complexity index is 1050. The van der Waals surface area contributed by atoms with Gasteiger partial charge in [-0.2, -0.15) is 0 Å². The van der Waals surface area contributed by atoms with Crippen molar-refractivity contribution >= 4 is 5.91 Å². The molecule has 1 aliphatic heterocycles. The van der Waals surface area contributed by atoms with E-state index < -0.39 is 30.6 Å². The maximum atomic E-state index is 12.0. The highest BCUT2D eigenvalue weighted by Crippen LogP contribution is 2.27. The number of nitrogens with one attached hydrogen (secondary N) is 1. The maximum Gasteiger partial charge on any atom is 0.217 e. The molecule has 7 heteroatoms. The van der Waals surface area contributed by atoms with E-state index in [1.165, 1.54) is 6.92 Å². The number of amides is 1. The van der Waals surface area contributed by atoms with Gasteiger partial charge in [-0.05, 0) is 16.7 Å². The van der Waals surface area contributed by atoms with Crippen LogP contribution in [0.5, 0.6) is 0 Å². The van der Waals surface area contributed by atoms with Crippen LogP contribution >= 0.6 is 0 Å². The van der Waals surface area contributed by atoms with Crippen molar-refractivity contribution in [3.05, 3.63) is 108 Å². The molecule has 1 aliphatic rings. The molecule has 1 heterocycles. The first-order valence-electron chi connectivity index (χ1n) is 12.1. The summed E-state index contributed by atoms with van der Waals surface area (Å²) in [7, 11) is 0. The van der Waals surface area contributed by atoms with Crippen molar-refractivity contribution in [1.29, 1.82) is 0 Å². The molecule has 5 atom stereocenters. The molecule has 1 amide bonds. The van der Waals surface area contributed by atoms with E-state index >= 15 is 0 Å². The van der Waals surface area contributed by atoms with Gasteiger partial charge in [0.2, 0.25) is 5.91 Å². The molecule has 0 radical (unpaired) electrons. The van der Waals surface area contributed by atoms with Crippen molar-refractivity contribution in [3.63, 3.8) is 0 Å². The smallest absolute Gasteiger partial charge is 0.217 e. The second kappa shape index (κ2) is 13.3. The second-order valence-electron chi connectivity index (χ2n) is 8.81. The van der Waals surface area contributed by atoms with Gasteiger partial charge in [0, 0.05) is 6.92 Å². The molecule has 0 spiro atoms. The third kappa shape index (κ3) is 7.46. The average Bonchev–Trinajstić information content (AvgIpc) is 2.90. The lowest BCUT2D eigenvalue weighted by Crippen LogP contribution is -2.65. The first kappa shape index (κ1) is 26.0. The first-order valence-corrected chi connectivity index (χ1v) is 12.1. The van der Waals surface area contributed by atoms with E-state index in [4.69, 9.17) is 18.9 Å². The van der Waals surface area contributed by atoms with E-state index in [1.807, 2.05) is 91.0 Å². The highest BCUT2D eigenvalue weighted by Gasteiger charge is 2.47. The third-order valence-electron chi connectivity index (χ3n) is 6.00. The fourth-order valence-electron chi connectivity index (χ4n) is 4.24. The van der Waals surface area contributed by atoms with Gasteiger partial charge in [0.15, 0.2) is 6.29 Å². The normalized spacial score (nSPS) is 23.8. The molecular formula is C29H33NO6. The largest absolute Gasteiger partial charge is 0.374 e. The minimum atomic E-state index is -1.28. The van der Waals surface area contributed by atoms with E-state index in [2.05, 4.69) is 5.32 Å². The van der Waals surface area contributed by atoms with Gasteiger partial charge in [0.1, 0.15) is 24.4 Å². The van der Waals surface area contributed by atoms with E-state index in [-0.39, 0.29) is 19.1 Å². The number of rotatable bonds is 11. The number of hydrogen-bond acceptors (Lipinski definition) is 6. The van der Waals surface area contributed by atoms with Crippen LogP contribution in [-0.4, -0.2) is 48.3 Å². The van der Waals surface area contributed by atoms with Crippen LogP contribution in [0, 0.1) is 0 Å². The van der Waals surface area contributed by atoms with Gasteiger partial charge >= 0.3 is 0 Å². The van der Waals surface area contributed by atoms with Crippen molar-refractivity contribution in [2.75, 3.05) is 6.61 Å². The Kier molecular flexibility index (Phi) is 9.61. The number of benzene rings is 3. The number of aliphatic hydroxyl groups is 1. The molecule has 0 bridgehead atoms. The zero-order valence-electron chi connectivity index (χ0n) is 20.4. The number of carbonyl (C=O) groups excluding carboxylic acids is 1. The van der Waals surface area contributed by atoms with Crippen molar-refractivity contribution < 1.29 is 28.8 Å². The Labute approximate surface area is 212 Å². The van der Waals surface area contributed by atoms with Crippen molar-refractivity contribution in [3.8, 4) is 0 Å². The monoisotopic (exact) mass is 491 g/mol. The first-order chi connectivity index (χ1) is 17.6. The molecule has 7 nitrogen and oxygen atoms in total. The summed E-state index contributed by atoms with van der Waals surface area (Å²) < 4.78 is 24.6. The van der Waals surface area contributed by atoms with Gasteiger partial charge in [-0.25, -0.2) is 0 Å². The van der Waals surface area contributed by atoms with Gasteiger partial charge in [-0.15, -0.1) is 0 Å². The molecule has 190 valence electrons. The summed E-state index contributed by atoms with van der Waals surface area (Å²) in [5.74, 6) is -0.295. The van der Waals surface area contributed by atoms with Gasteiger partial charge in [-0.3, -0.25) is 4.79 Å². The van der Waals surface area contributed by atoms with Crippen LogP contribution in [0.4, 0.5) is 0 Å². The summed E-state index contributed by atoms with van der Waals surface area (Å²) in [5.41, 5.74) is 2.99. The lowest BCUT2D eigenvalue weighted by molar-refractivity contribution is -0.277. The Morgan fingerprint density at radius 2 is 1.25 bits per heavy atom. The highest BCUT2D eigenvalue weighted by atomic mass is 16.7. The van der Waals surface area contributed by atoms with Crippen LogP contribution in [0.1, 0.15) is 23.6 Å². The lowest BCUT2D eigenvalue weighted by atomic mass is 9.96. The predicted molar refractivity (Wildman–Crippen MR) is 135 cm³/mol. The molecular weight excluding hydrogens is 458 g/mol. The predicted octanol–water partition coefficient (Wildman–Crippen LogP) is 3.60. The zero-order chi connectivity index (χ0) is 25.2. The molecule has 2 N–H and O–H groups in total. The molecule has 1 fully saturated rings. The van der Waals surface area contributed by atoms with Crippen molar-refractivity contribution in [2.24, 2.45) is 0 Å². The van der Waals surface area contributed by atoms with E-state index in [9.17, 15) is 9.90 Å². The van der Waals surface area contributed by atoms with E-state index in [0.717, 1.165) is 16.7 Å². The molecule has 3 aromatic carbocycles. The summed E-state index contributed by atoms with van der Waals surface area (Å²) in [6.07, 6.45) is -3.17. The van der Waals surface area contributed by atoms with Crippen molar-refractivity contribution in [1.82, 2.24) is 5.32 Å². The van der Waals surface area contributed by atoms with Crippen LogP contribution in [0.15, 0.2) is 91.0 Å². The zero-order valence-corrected chi connectivity index (χ0v) is 20.4. The van der Waals surface area contributed by atoms with Gasteiger partial charge in [0.25, 0.3) is 0 Å². The van der Waals surface area contributed by atoms with E-state index in [0.29, 0.717) is 13.2 Å². The third-order valence-corrected chi connectivity index (χ3v) is 6.00. The fraction of sp³-hybridized carbons (Fsp3) is 0.345. The van der Waals surface area contributed by atoms with Crippen LogP contribution in [-0.2, 0) is 43.6 Å². The molecule has 0 aliphatic carbocycles. The van der Waals surface area contributed by atoms with Crippen LogP contribution in [0.25, 0.3) is 0 Å². The SMILES string of the molecule is CC(=O)NC1C(O)OC(COCc2ccccc2)C(OCc2ccccc2)C1OCc1ccccc1. The van der Waals surface area contributed by atoms with Crippen molar-refractivity contribution in [2.45, 2.75) is 57.4 Å². The molecule has 0 aromatic heterocycles. The highest BCUT2D eigenvalue weighted by molar-refractivity contribution is 5.73. The summed E-state index contributed by atoms with van der Waals surface area (Å²) in [6.45, 7) is 2.58. The molecule has 5 unspecified atom stereocenters. The number of ether oxygens (including phenoxy) is 4. The summed E-state index contributed by atoms with van der Waals surface area (Å²) in [5, 5.41) is 13.6. The van der Waals surface area contributed by atoms with Gasteiger partial charge in [0.05, 0.1) is 26.4 Å². The molecule has 0 saturated carbocycles. The Morgan fingerprint density at radius 3 is 1.75 bits per heavy atom. The van der Waals surface area contributed by atoms with E-state index in [1.54, 1.807) is 0 Å². The topological polar surface area (TPSA) is 86.3 Å². The minimum absolute atomic E-state index is 0.184. The number of hydrogen-bond donors (Lipinski definition) is 2. The van der Waals surface area contributed by atoms with Gasteiger partial charge < -0.3 is 29.4 Å². The quantitative estimate of drug-likeness (QED) is 0.426. The fourth-order valence-corrected chi connectivity index (χ4v) is 4.24. The molecule has 4 rings (SSSR count). The summed E-state index contributed by atoms with van der Waals surface area (Å²) >= 11 is 0. The molecule has 3 aromatic rings. The molecule has 36 heavy (non-hydrogen) atoms. The van der Waals surface area contributed by atoms with Crippen LogP contribution in [0.3, 0.4) is 0 Å². The minimum Gasteiger partial charge on any atom is -0.374 e.